The minimum absolute atomic E-state index is 0.130. The lowest BCUT2D eigenvalue weighted by Gasteiger charge is -2.16. The zero-order valence-corrected chi connectivity index (χ0v) is 11.3. The summed E-state index contributed by atoms with van der Waals surface area (Å²) in [5.41, 5.74) is 2.79. The van der Waals surface area contributed by atoms with Crippen LogP contribution in [0.2, 0.25) is 0 Å². The minimum Gasteiger partial charge on any atom is -0.309 e. The molecule has 1 heterocycles. The Hall–Kier alpha value is -1.40. The predicted molar refractivity (Wildman–Crippen MR) is 69.2 cm³/mol. The maximum atomic E-state index is 12.5. The molecule has 0 bridgehead atoms. The van der Waals surface area contributed by atoms with Gasteiger partial charge in [0.05, 0.1) is 22.8 Å². The lowest BCUT2D eigenvalue weighted by Crippen LogP contribution is -2.17. The van der Waals surface area contributed by atoms with Crippen molar-refractivity contribution in [2.45, 2.75) is 19.1 Å². The summed E-state index contributed by atoms with van der Waals surface area (Å²) >= 11 is 1.49. The highest BCUT2D eigenvalue weighted by atomic mass is 32.1. The van der Waals surface area contributed by atoms with Crippen molar-refractivity contribution < 1.29 is 13.2 Å². The largest absolute Gasteiger partial charge is 0.416 e. The van der Waals surface area contributed by atoms with Crippen LogP contribution in [0, 0.1) is 6.92 Å². The molecule has 6 heteroatoms. The number of nitrogens with zero attached hydrogens (tertiary/aromatic N) is 1. The highest BCUT2D eigenvalue weighted by Gasteiger charge is 2.30. The average molecular weight is 286 g/mol. The topological polar surface area (TPSA) is 24.9 Å². The Bertz CT molecular complexity index is 546. The second-order valence-corrected chi connectivity index (χ2v) is 5.03. The summed E-state index contributed by atoms with van der Waals surface area (Å²) in [6.45, 7) is 1.89. The van der Waals surface area contributed by atoms with Gasteiger partial charge in [-0.1, -0.05) is 12.1 Å². The van der Waals surface area contributed by atoms with Gasteiger partial charge in [-0.3, -0.25) is 0 Å². The Labute approximate surface area is 113 Å². The summed E-state index contributed by atoms with van der Waals surface area (Å²) in [5, 5.41) is 3.11. The molecule has 102 valence electrons. The van der Waals surface area contributed by atoms with Crippen molar-refractivity contribution in [3.05, 3.63) is 51.5 Å². The summed E-state index contributed by atoms with van der Waals surface area (Å²) in [6, 6.07) is 5.09. The SMILES string of the molecule is CNC(c1ccc(C(F)(F)F)cc1)c1scnc1C. The van der Waals surface area contributed by atoms with Crippen LogP contribution in [0.4, 0.5) is 13.2 Å². The van der Waals surface area contributed by atoms with E-state index < -0.39 is 11.7 Å². The Kier molecular flexibility index (Phi) is 3.91. The van der Waals surface area contributed by atoms with Crippen molar-refractivity contribution in [3.8, 4) is 0 Å². The van der Waals surface area contributed by atoms with Gasteiger partial charge in [-0.05, 0) is 31.7 Å². The standard InChI is InChI=1S/C13H13F3N2S/c1-8-12(19-7-18-8)11(17-2)9-3-5-10(6-4-9)13(14,15)16/h3-7,11,17H,1-2H3. The van der Waals surface area contributed by atoms with E-state index in [0.717, 1.165) is 28.3 Å². The van der Waals surface area contributed by atoms with E-state index in [-0.39, 0.29) is 6.04 Å². The second-order valence-electron chi connectivity index (χ2n) is 4.14. The number of benzene rings is 1. The van der Waals surface area contributed by atoms with Crippen molar-refractivity contribution in [1.82, 2.24) is 10.3 Å². The molecule has 0 aliphatic rings. The zero-order valence-electron chi connectivity index (χ0n) is 10.5. The van der Waals surface area contributed by atoms with E-state index in [1.165, 1.54) is 23.5 Å². The lowest BCUT2D eigenvalue weighted by atomic mass is 10.0. The maximum absolute atomic E-state index is 12.5. The number of hydrogen-bond acceptors (Lipinski definition) is 3. The molecule has 2 nitrogen and oxygen atoms in total. The molecule has 2 rings (SSSR count). The molecular weight excluding hydrogens is 273 g/mol. The van der Waals surface area contributed by atoms with E-state index in [1.54, 1.807) is 12.6 Å². The summed E-state index contributed by atoms with van der Waals surface area (Å²) in [6.07, 6.45) is -4.30. The van der Waals surface area contributed by atoms with E-state index in [1.807, 2.05) is 6.92 Å². The smallest absolute Gasteiger partial charge is 0.309 e. The van der Waals surface area contributed by atoms with Gasteiger partial charge in [-0.15, -0.1) is 11.3 Å². The molecule has 0 spiro atoms. The van der Waals surface area contributed by atoms with E-state index in [0.29, 0.717) is 0 Å². The molecule has 1 aromatic heterocycles. The monoisotopic (exact) mass is 286 g/mol. The van der Waals surface area contributed by atoms with Gasteiger partial charge in [0.1, 0.15) is 0 Å². The number of thiazole rings is 1. The summed E-state index contributed by atoms with van der Waals surface area (Å²) in [4.78, 5) is 5.18. The molecule has 0 saturated heterocycles. The quantitative estimate of drug-likeness (QED) is 0.929. The Morgan fingerprint density at radius 3 is 2.26 bits per heavy atom. The van der Waals surface area contributed by atoms with Crippen LogP contribution in [0.15, 0.2) is 29.8 Å². The van der Waals surface area contributed by atoms with Crippen LogP contribution in [-0.4, -0.2) is 12.0 Å². The van der Waals surface area contributed by atoms with E-state index in [4.69, 9.17) is 0 Å². The summed E-state index contributed by atoms with van der Waals surface area (Å²) < 4.78 is 37.5. The molecule has 1 N–H and O–H groups in total. The lowest BCUT2D eigenvalue weighted by molar-refractivity contribution is -0.137. The first kappa shape index (κ1) is 14.0. The van der Waals surface area contributed by atoms with Crippen molar-refractivity contribution in [2.24, 2.45) is 0 Å². The third-order valence-electron chi connectivity index (χ3n) is 2.90. The van der Waals surface area contributed by atoms with Gasteiger partial charge < -0.3 is 5.32 Å². The highest BCUT2D eigenvalue weighted by Crippen LogP contribution is 2.32. The summed E-state index contributed by atoms with van der Waals surface area (Å²) in [5.74, 6) is 0. The molecule has 0 fully saturated rings. The Morgan fingerprint density at radius 1 is 1.21 bits per heavy atom. The first-order chi connectivity index (χ1) is 8.93. The molecule has 0 radical (unpaired) electrons. The van der Waals surface area contributed by atoms with Gasteiger partial charge in [-0.25, -0.2) is 4.98 Å². The fourth-order valence-electron chi connectivity index (χ4n) is 1.90. The van der Waals surface area contributed by atoms with Crippen LogP contribution in [0.25, 0.3) is 0 Å². The molecular formula is C13H13F3N2S. The normalized spacial score (nSPS) is 13.5. The minimum atomic E-state index is -4.30. The maximum Gasteiger partial charge on any atom is 0.416 e. The molecule has 0 aliphatic carbocycles. The fourth-order valence-corrected chi connectivity index (χ4v) is 2.84. The number of rotatable bonds is 3. The van der Waals surface area contributed by atoms with Crippen LogP contribution in [-0.2, 0) is 6.18 Å². The fraction of sp³-hybridized carbons (Fsp3) is 0.308. The van der Waals surface area contributed by atoms with Crippen LogP contribution >= 0.6 is 11.3 Å². The van der Waals surface area contributed by atoms with Gasteiger partial charge in [0.25, 0.3) is 0 Å². The number of aromatic nitrogens is 1. The van der Waals surface area contributed by atoms with Crippen LogP contribution in [0.5, 0.6) is 0 Å². The average Bonchev–Trinajstić information content (AvgIpc) is 2.76. The van der Waals surface area contributed by atoms with Gasteiger partial charge in [0, 0.05) is 4.88 Å². The first-order valence-corrected chi connectivity index (χ1v) is 6.56. The van der Waals surface area contributed by atoms with Crippen LogP contribution in [0.1, 0.15) is 27.7 Å². The summed E-state index contributed by atoms with van der Waals surface area (Å²) in [7, 11) is 1.78. The molecule has 2 aromatic rings. The molecule has 0 aliphatic heterocycles. The molecule has 0 amide bonds. The van der Waals surface area contributed by atoms with Crippen molar-refractivity contribution in [3.63, 3.8) is 0 Å². The number of alkyl halides is 3. The Morgan fingerprint density at radius 2 is 1.84 bits per heavy atom. The third kappa shape index (κ3) is 2.96. The van der Waals surface area contributed by atoms with Gasteiger partial charge in [0.2, 0.25) is 0 Å². The van der Waals surface area contributed by atoms with Crippen molar-refractivity contribution in [2.75, 3.05) is 7.05 Å². The van der Waals surface area contributed by atoms with Gasteiger partial charge >= 0.3 is 6.18 Å². The molecule has 1 aromatic carbocycles. The predicted octanol–water partition coefficient (Wildman–Crippen LogP) is 3.78. The van der Waals surface area contributed by atoms with E-state index in [2.05, 4.69) is 10.3 Å². The van der Waals surface area contributed by atoms with Crippen molar-refractivity contribution in [1.29, 1.82) is 0 Å². The number of halogens is 3. The van der Waals surface area contributed by atoms with Gasteiger partial charge in [-0.2, -0.15) is 13.2 Å². The van der Waals surface area contributed by atoms with E-state index in [9.17, 15) is 13.2 Å². The second kappa shape index (κ2) is 5.30. The number of aryl methyl sites for hydroxylation is 1. The Balaban J connectivity index is 2.33. The number of hydrogen-bond donors (Lipinski definition) is 1. The molecule has 0 saturated carbocycles. The molecule has 1 unspecified atom stereocenters. The third-order valence-corrected chi connectivity index (χ3v) is 3.90. The van der Waals surface area contributed by atoms with Crippen LogP contribution in [0.3, 0.4) is 0 Å². The molecule has 1 atom stereocenters. The highest BCUT2D eigenvalue weighted by molar-refractivity contribution is 7.09. The first-order valence-electron chi connectivity index (χ1n) is 5.68. The zero-order chi connectivity index (χ0) is 14.0. The van der Waals surface area contributed by atoms with Gasteiger partial charge in [0.15, 0.2) is 0 Å². The van der Waals surface area contributed by atoms with Crippen LogP contribution < -0.4 is 5.32 Å². The number of nitrogens with one attached hydrogen (secondary N) is 1. The van der Waals surface area contributed by atoms with E-state index >= 15 is 0 Å². The molecule has 19 heavy (non-hydrogen) atoms. The van der Waals surface area contributed by atoms with Crippen molar-refractivity contribution >= 4 is 11.3 Å².